The standard InChI is InChI=1S/C25H22N8O2/c1-16-17(2)30-32(18(16)3)23-13-24(27-15-26-23)35-21-11-9-19(10-12-21)29-25(34)22-14-28-33(31-22)20-7-5-4-6-8-20/h4-15H,1-3H3,(H,29,34). The maximum Gasteiger partial charge on any atom is 0.277 e. The summed E-state index contributed by atoms with van der Waals surface area (Å²) in [5, 5.41) is 15.7. The molecule has 1 amide bonds. The summed E-state index contributed by atoms with van der Waals surface area (Å²) in [4.78, 5) is 22.5. The summed E-state index contributed by atoms with van der Waals surface area (Å²) in [7, 11) is 0. The third kappa shape index (κ3) is 4.62. The van der Waals surface area contributed by atoms with Gasteiger partial charge < -0.3 is 10.1 Å². The van der Waals surface area contributed by atoms with Gasteiger partial charge in [0.1, 0.15) is 12.1 Å². The highest BCUT2D eigenvalue weighted by Crippen LogP contribution is 2.23. The van der Waals surface area contributed by atoms with Crippen molar-refractivity contribution in [2.45, 2.75) is 20.8 Å². The van der Waals surface area contributed by atoms with Gasteiger partial charge in [0, 0.05) is 17.4 Å². The zero-order valence-corrected chi connectivity index (χ0v) is 19.4. The largest absolute Gasteiger partial charge is 0.439 e. The number of anilines is 1. The first kappa shape index (κ1) is 22.0. The predicted octanol–water partition coefficient (Wildman–Crippen LogP) is 4.21. The lowest BCUT2D eigenvalue weighted by Crippen LogP contribution is -2.13. The van der Waals surface area contributed by atoms with Crippen molar-refractivity contribution in [2.24, 2.45) is 0 Å². The van der Waals surface area contributed by atoms with Crippen LogP contribution < -0.4 is 10.1 Å². The van der Waals surface area contributed by atoms with Crippen molar-refractivity contribution < 1.29 is 9.53 Å². The number of carbonyl (C=O) groups is 1. The summed E-state index contributed by atoms with van der Waals surface area (Å²) in [5.41, 5.74) is 4.65. The van der Waals surface area contributed by atoms with E-state index < -0.39 is 0 Å². The van der Waals surface area contributed by atoms with Crippen molar-refractivity contribution in [3.05, 3.63) is 95.8 Å². The van der Waals surface area contributed by atoms with Gasteiger partial charge in [0.15, 0.2) is 11.5 Å². The first-order valence-corrected chi connectivity index (χ1v) is 10.9. The van der Waals surface area contributed by atoms with Gasteiger partial charge in [0.05, 0.1) is 17.6 Å². The van der Waals surface area contributed by atoms with Crippen LogP contribution in [0.2, 0.25) is 0 Å². The molecule has 174 valence electrons. The minimum atomic E-state index is -0.360. The van der Waals surface area contributed by atoms with Crippen LogP contribution in [0, 0.1) is 20.8 Å². The molecule has 0 bridgehead atoms. The molecule has 35 heavy (non-hydrogen) atoms. The van der Waals surface area contributed by atoms with E-state index in [4.69, 9.17) is 4.74 Å². The number of nitrogens with one attached hydrogen (secondary N) is 1. The molecule has 10 heteroatoms. The molecular formula is C25H22N8O2. The molecule has 0 unspecified atom stereocenters. The van der Waals surface area contributed by atoms with Gasteiger partial charge in [-0.2, -0.15) is 15.0 Å². The summed E-state index contributed by atoms with van der Waals surface area (Å²) in [6, 6.07) is 18.1. The first-order valence-electron chi connectivity index (χ1n) is 10.9. The SMILES string of the molecule is Cc1nn(-c2cc(Oc3ccc(NC(=O)c4cnn(-c5ccccc5)n4)cc3)ncn2)c(C)c1C. The maximum absolute atomic E-state index is 12.6. The number of hydrogen-bond donors (Lipinski definition) is 1. The number of rotatable bonds is 6. The number of carbonyl (C=O) groups excluding carboxylic acids is 1. The summed E-state index contributed by atoms with van der Waals surface area (Å²) in [5.74, 6) is 1.21. The summed E-state index contributed by atoms with van der Waals surface area (Å²) >= 11 is 0. The van der Waals surface area contributed by atoms with Crippen LogP contribution >= 0.6 is 0 Å². The molecule has 5 rings (SSSR count). The molecule has 5 aromatic rings. The van der Waals surface area contributed by atoms with Crippen LogP contribution in [0.15, 0.2) is 73.2 Å². The summed E-state index contributed by atoms with van der Waals surface area (Å²) in [6.45, 7) is 5.98. The molecule has 2 aromatic carbocycles. The molecule has 0 saturated carbocycles. The van der Waals surface area contributed by atoms with E-state index in [1.807, 2.05) is 51.1 Å². The third-order valence-electron chi connectivity index (χ3n) is 5.54. The van der Waals surface area contributed by atoms with Crippen LogP contribution in [-0.2, 0) is 0 Å². The van der Waals surface area contributed by atoms with Crippen LogP contribution in [0.4, 0.5) is 5.69 Å². The van der Waals surface area contributed by atoms with Crippen molar-refractivity contribution in [3.8, 4) is 23.1 Å². The lowest BCUT2D eigenvalue weighted by Gasteiger charge is -2.08. The van der Waals surface area contributed by atoms with Gasteiger partial charge in [0.2, 0.25) is 5.88 Å². The second-order valence-corrected chi connectivity index (χ2v) is 7.86. The van der Waals surface area contributed by atoms with Crippen molar-refractivity contribution in [3.63, 3.8) is 0 Å². The van der Waals surface area contributed by atoms with Crippen LogP contribution in [0.1, 0.15) is 27.4 Å². The van der Waals surface area contributed by atoms with Crippen LogP contribution in [0.25, 0.3) is 11.5 Å². The summed E-state index contributed by atoms with van der Waals surface area (Å²) in [6.07, 6.45) is 2.87. The van der Waals surface area contributed by atoms with Gasteiger partial charge in [-0.1, -0.05) is 18.2 Å². The Morgan fingerprint density at radius 3 is 2.43 bits per heavy atom. The fourth-order valence-electron chi connectivity index (χ4n) is 3.42. The smallest absolute Gasteiger partial charge is 0.277 e. The molecule has 0 radical (unpaired) electrons. The van der Waals surface area contributed by atoms with Gasteiger partial charge in [-0.25, -0.2) is 14.6 Å². The molecule has 10 nitrogen and oxygen atoms in total. The second-order valence-electron chi connectivity index (χ2n) is 7.86. The molecule has 0 spiro atoms. The van der Waals surface area contributed by atoms with Crippen molar-refractivity contribution in [1.29, 1.82) is 0 Å². The number of amides is 1. The number of ether oxygens (including phenoxy) is 1. The van der Waals surface area contributed by atoms with Crippen molar-refractivity contribution >= 4 is 11.6 Å². The molecular weight excluding hydrogens is 444 g/mol. The van der Waals surface area contributed by atoms with Gasteiger partial charge >= 0.3 is 0 Å². The van der Waals surface area contributed by atoms with E-state index in [9.17, 15) is 4.79 Å². The number of hydrogen-bond acceptors (Lipinski definition) is 7. The molecule has 0 aliphatic heterocycles. The molecule has 3 heterocycles. The lowest BCUT2D eigenvalue weighted by molar-refractivity contribution is 0.102. The molecule has 0 fully saturated rings. The Hall–Kier alpha value is -4.86. The van der Waals surface area contributed by atoms with E-state index >= 15 is 0 Å². The van der Waals surface area contributed by atoms with E-state index in [1.165, 1.54) is 17.3 Å². The number of nitrogens with zero attached hydrogens (tertiary/aromatic N) is 7. The van der Waals surface area contributed by atoms with E-state index in [1.54, 1.807) is 35.0 Å². The lowest BCUT2D eigenvalue weighted by atomic mass is 10.2. The maximum atomic E-state index is 12.6. The zero-order chi connectivity index (χ0) is 24.4. The fraction of sp³-hybridized carbons (Fsp3) is 0.120. The second kappa shape index (κ2) is 9.18. The minimum absolute atomic E-state index is 0.210. The van der Waals surface area contributed by atoms with Crippen LogP contribution in [-0.4, -0.2) is 40.6 Å². The molecule has 3 aromatic heterocycles. The predicted molar refractivity (Wildman–Crippen MR) is 129 cm³/mol. The van der Waals surface area contributed by atoms with E-state index in [0.29, 0.717) is 23.1 Å². The molecule has 0 atom stereocenters. The van der Waals surface area contributed by atoms with Crippen LogP contribution in [0.5, 0.6) is 11.6 Å². The Kier molecular flexibility index (Phi) is 5.76. The third-order valence-corrected chi connectivity index (χ3v) is 5.54. The highest BCUT2D eigenvalue weighted by atomic mass is 16.5. The van der Waals surface area contributed by atoms with Crippen molar-refractivity contribution in [1.82, 2.24) is 34.7 Å². The Bertz CT molecular complexity index is 1490. The average molecular weight is 467 g/mol. The van der Waals surface area contributed by atoms with Gasteiger partial charge in [-0.15, -0.1) is 5.10 Å². The Labute approximate surface area is 201 Å². The Morgan fingerprint density at radius 2 is 1.71 bits per heavy atom. The summed E-state index contributed by atoms with van der Waals surface area (Å²) < 4.78 is 7.65. The quantitative estimate of drug-likeness (QED) is 0.399. The fourth-order valence-corrected chi connectivity index (χ4v) is 3.42. The van der Waals surface area contributed by atoms with Gasteiger partial charge in [-0.3, -0.25) is 4.79 Å². The normalized spacial score (nSPS) is 10.8. The van der Waals surface area contributed by atoms with E-state index in [2.05, 4.69) is 30.6 Å². The van der Waals surface area contributed by atoms with E-state index in [-0.39, 0.29) is 11.6 Å². The minimum Gasteiger partial charge on any atom is -0.439 e. The monoisotopic (exact) mass is 466 g/mol. The highest BCUT2D eigenvalue weighted by Gasteiger charge is 2.13. The van der Waals surface area contributed by atoms with Gasteiger partial charge in [0.25, 0.3) is 5.91 Å². The molecule has 0 aliphatic carbocycles. The Balaban J connectivity index is 1.26. The molecule has 0 saturated heterocycles. The number of aryl methyl sites for hydroxylation is 1. The zero-order valence-electron chi connectivity index (χ0n) is 19.4. The molecule has 0 aliphatic rings. The number of para-hydroxylation sites is 1. The molecule has 1 N–H and O–H groups in total. The van der Waals surface area contributed by atoms with Gasteiger partial charge in [-0.05, 0) is 62.7 Å². The van der Waals surface area contributed by atoms with Crippen molar-refractivity contribution in [2.75, 3.05) is 5.32 Å². The average Bonchev–Trinajstić information content (AvgIpc) is 3.47. The van der Waals surface area contributed by atoms with Crippen LogP contribution in [0.3, 0.4) is 0 Å². The van der Waals surface area contributed by atoms with E-state index in [0.717, 1.165) is 22.6 Å². The Morgan fingerprint density at radius 1 is 0.943 bits per heavy atom. The number of benzene rings is 2. The topological polar surface area (TPSA) is 113 Å². The number of aromatic nitrogens is 7. The first-order chi connectivity index (χ1) is 17.0. The highest BCUT2D eigenvalue weighted by molar-refractivity contribution is 6.02.